The van der Waals surface area contributed by atoms with Gasteiger partial charge in [-0.15, -0.1) is 0 Å². The van der Waals surface area contributed by atoms with Crippen molar-refractivity contribution in [1.29, 1.82) is 0 Å². The molecule has 0 spiro atoms. The van der Waals surface area contributed by atoms with Crippen LogP contribution in [0.3, 0.4) is 0 Å². The molecule has 4 N–H and O–H groups in total. The first-order valence-corrected chi connectivity index (χ1v) is 16.0. The lowest BCUT2D eigenvalue weighted by Crippen LogP contribution is -2.30. The summed E-state index contributed by atoms with van der Waals surface area (Å²) in [6.45, 7) is 0.929. The molecule has 0 radical (unpaired) electrons. The first-order chi connectivity index (χ1) is 18.4. The third-order valence-electron chi connectivity index (χ3n) is 6.36. The number of carbonyl (C=O) groups is 2. The molecule has 204 valence electrons. The van der Waals surface area contributed by atoms with Crippen LogP contribution in [-0.4, -0.2) is 25.2 Å². The molecular formula is C28H32Br4N4O2. The van der Waals surface area contributed by atoms with Crippen LogP contribution in [0.15, 0.2) is 55.3 Å². The largest absolute Gasteiger partial charge is 0.333 e. The third kappa shape index (κ3) is 9.84. The number of benzene rings is 2. The van der Waals surface area contributed by atoms with Crippen LogP contribution >= 0.6 is 63.7 Å². The lowest BCUT2D eigenvalue weighted by molar-refractivity contribution is 0.252. The van der Waals surface area contributed by atoms with Crippen molar-refractivity contribution in [2.24, 2.45) is 0 Å². The molecule has 2 aromatic carbocycles. The smallest absolute Gasteiger partial charge is 0.319 e. The van der Waals surface area contributed by atoms with Crippen LogP contribution in [0.2, 0.25) is 0 Å². The summed E-state index contributed by atoms with van der Waals surface area (Å²) in [5, 5.41) is 11.5. The van der Waals surface area contributed by atoms with Gasteiger partial charge in [-0.3, -0.25) is 0 Å². The van der Waals surface area contributed by atoms with Crippen LogP contribution in [-0.2, 0) is 25.7 Å². The summed E-state index contributed by atoms with van der Waals surface area (Å²) in [4.78, 5) is 27.1. The molecule has 0 saturated carbocycles. The molecule has 4 amide bonds. The number of anilines is 2. The zero-order valence-electron chi connectivity index (χ0n) is 21.0. The molecule has 2 aromatic rings. The van der Waals surface area contributed by atoms with Gasteiger partial charge in [0.05, 0.1) is 13.1 Å². The van der Waals surface area contributed by atoms with Gasteiger partial charge in [-0.1, -0.05) is 88.0 Å². The fourth-order valence-electron chi connectivity index (χ4n) is 4.54. The Morgan fingerprint density at radius 2 is 1.05 bits per heavy atom. The van der Waals surface area contributed by atoms with Crippen molar-refractivity contribution in [3.05, 3.63) is 77.6 Å². The van der Waals surface area contributed by atoms with Gasteiger partial charge in [0.2, 0.25) is 0 Å². The second-order valence-electron chi connectivity index (χ2n) is 9.03. The molecule has 2 aliphatic carbocycles. The number of carbonyl (C=O) groups excluding carboxylic acids is 2. The van der Waals surface area contributed by atoms with E-state index in [0.29, 0.717) is 13.1 Å². The fourth-order valence-corrected chi connectivity index (χ4v) is 5.14. The number of aryl methyl sites for hydroxylation is 2. The van der Waals surface area contributed by atoms with Crippen LogP contribution in [0.5, 0.6) is 0 Å². The quantitative estimate of drug-likeness (QED) is 0.237. The van der Waals surface area contributed by atoms with E-state index in [-0.39, 0.29) is 12.1 Å². The predicted molar refractivity (Wildman–Crippen MR) is 172 cm³/mol. The maximum Gasteiger partial charge on any atom is 0.319 e. The van der Waals surface area contributed by atoms with Gasteiger partial charge < -0.3 is 21.3 Å². The Balaban J connectivity index is 0.000000211. The molecule has 0 heterocycles. The van der Waals surface area contributed by atoms with E-state index in [1.165, 1.54) is 47.9 Å². The van der Waals surface area contributed by atoms with Crippen molar-refractivity contribution in [2.75, 3.05) is 23.7 Å². The SMILES string of the molecule is O=C(NCC(Br)=CBr)Nc1cccc2c1CCCC2.O=C(NCC(Br)=CBr)Nc1cccc2c1CCCC2. The molecule has 0 atom stereocenters. The van der Waals surface area contributed by atoms with Gasteiger partial charge in [-0.05, 0) is 95.7 Å². The van der Waals surface area contributed by atoms with Crippen molar-refractivity contribution < 1.29 is 9.59 Å². The van der Waals surface area contributed by atoms with E-state index in [4.69, 9.17) is 0 Å². The summed E-state index contributed by atoms with van der Waals surface area (Å²) < 4.78 is 1.77. The highest BCUT2D eigenvalue weighted by atomic mass is 79.9. The minimum Gasteiger partial charge on any atom is -0.333 e. The zero-order valence-corrected chi connectivity index (χ0v) is 27.4. The predicted octanol–water partition coefficient (Wildman–Crippen LogP) is 8.64. The summed E-state index contributed by atoms with van der Waals surface area (Å²) in [6.07, 6.45) is 9.22. The Labute approximate surface area is 258 Å². The van der Waals surface area contributed by atoms with Gasteiger partial charge in [-0.25, -0.2) is 9.59 Å². The summed E-state index contributed by atoms with van der Waals surface area (Å²) >= 11 is 13.0. The van der Waals surface area contributed by atoms with Crippen LogP contribution in [0.1, 0.15) is 47.9 Å². The van der Waals surface area contributed by atoms with Crippen LogP contribution < -0.4 is 21.3 Å². The summed E-state index contributed by atoms with van der Waals surface area (Å²) in [6, 6.07) is 11.9. The van der Waals surface area contributed by atoms with Gasteiger partial charge in [0.25, 0.3) is 0 Å². The monoisotopic (exact) mass is 772 g/mol. The maximum absolute atomic E-state index is 11.8. The summed E-state index contributed by atoms with van der Waals surface area (Å²) in [7, 11) is 0. The van der Waals surface area contributed by atoms with Gasteiger partial charge in [0, 0.05) is 20.3 Å². The number of urea groups is 2. The maximum atomic E-state index is 11.8. The fraction of sp³-hybridized carbons (Fsp3) is 0.357. The second-order valence-corrected chi connectivity index (χ2v) is 12.0. The van der Waals surface area contributed by atoms with Gasteiger partial charge in [0.1, 0.15) is 0 Å². The minimum atomic E-state index is -0.176. The number of amides is 4. The number of rotatable bonds is 6. The highest BCUT2D eigenvalue weighted by molar-refractivity contribution is 9.14. The molecule has 0 fully saturated rings. The molecular weight excluding hydrogens is 744 g/mol. The summed E-state index contributed by atoms with van der Waals surface area (Å²) in [5.74, 6) is 0. The standard InChI is InChI=1S/2C14H16Br2N2O/c2*15-8-11(16)9-17-14(19)18-13-7-3-5-10-4-1-2-6-12(10)13/h2*3,5,7-8H,1-2,4,6,9H2,(H2,17,18,19). The topological polar surface area (TPSA) is 82.3 Å². The highest BCUT2D eigenvalue weighted by Gasteiger charge is 2.15. The number of hydrogen-bond donors (Lipinski definition) is 4. The molecule has 38 heavy (non-hydrogen) atoms. The van der Waals surface area contributed by atoms with E-state index in [9.17, 15) is 9.59 Å². The first kappa shape index (κ1) is 30.9. The van der Waals surface area contributed by atoms with Gasteiger partial charge in [-0.2, -0.15) is 0 Å². The van der Waals surface area contributed by atoms with E-state index >= 15 is 0 Å². The molecule has 2 aliphatic rings. The molecule has 10 heteroatoms. The lowest BCUT2D eigenvalue weighted by Gasteiger charge is -2.19. The Hall–Kier alpha value is -1.62. The van der Waals surface area contributed by atoms with Crippen LogP contribution in [0.4, 0.5) is 21.0 Å². The van der Waals surface area contributed by atoms with Crippen molar-refractivity contribution >= 4 is 87.2 Å². The Morgan fingerprint density at radius 1 is 0.658 bits per heavy atom. The normalized spacial score (nSPS) is 14.7. The van der Waals surface area contributed by atoms with Gasteiger partial charge in [0.15, 0.2) is 0 Å². The lowest BCUT2D eigenvalue weighted by atomic mass is 9.90. The van der Waals surface area contributed by atoms with E-state index in [1.54, 1.807) is 9.97 Å². The molecule has 0 bridgehead atoms. The minimum absolute atomic E-state index is 0.176. The van der Waals surface area contributed by atoms with E-state index in [2.05, 4.69) is 97.1 Å². The Bertz CT molecular complexity index is 1090. The molecule has 0 aliphatic heterocycles. The average molecular weight is 776 g/mol. The van der Waals surface area contributed by atoms with Crippen LogP contribution in [0.25, 0.3) is 0 Å². The molecule has 6 nitrogen and oxygen atoms in total. The number of halogens is 4. The van der Waals surface area contributed by atoms with Crippen molar-refractivity contribution in [3.8, 4) is 0 Å². The third-order valence-corrected chi connectivity index (χ3v) is 9.71. The molecule has 0 saturated heterocycles. The Morgan fingerprint density at radius 3 is 1.45 bits per heavy atom. The zero-order chi connectivity index (χ0) is 27.3. The van der Waals surface area contributed by atoms with Crippen molar-refractivity contribution in [2.45, 2.75) is 51.4 Å². The first-order valence-electron chi connectivity index (χ1n) is 12.6. The van der Waals surface area contributed by atoms with Crippen molar-refractivity contribution in [3.63, 3.8) is 0 Å². The van der Waals surface area contributed by atoms with E-state index in [0.717, 1.165) is 46.0 Å². The molecule has 0 unspecified atom stereocenters. The average Bonchev–Trinajstić information content (AvgIpc) is 2.95. The number of fused-ring (bicyclic) bond motifs is 2. The molecule has 4 rings (SSSR count). The second kappa shape index (κ2) is 16.5. The number of hydrogen-bond acceptors (Lipinski definition) is 2. The van der Waals surface area contributed by atoms with Gasteiger partial charge >= 0.3 is 12.1 Å². The Kier molecular flexibility index (Phi) is 13.4. The van der Waals surface area contributed by atoms with E-state index < -0.39 is 0 Å². The highest BCUT2D eigenvalue weighted by Crippen LogP contribution is 2.28. The molecule has 0 aromatic heterocycles. The summed E-state index contributed by atoms with van der Waals surface area (Å²) in [5.41, 5.74) is 7.19. The van der Waals surface area contributed by atoms with E-state index in [1.807, 2.05) is 24.3 Å². The van der Waals surface area contributed by atoms with Crippen LogP contribution in [0, 0.1) is 0 Å². The van der Waals surface area contributed by atoms with Crippen molar-refractivity contribution in [1.82, 2.24) is 10.6 Å². The number of nitrogens with one attached hydrogen (secondary N) is 4.